The fourth-order valence-corrected chi connectivity index (χ4v) is 4.51. The number of piperazine rings is 1. The zero-order valence-electron chi connectivity index (χ0n) is 13.4. The maximum absolute atomic E-state index is 13.9. The summed E-state index contributed by atoms with van der Waals surface area (Å²) in [5, 5.41) is 4.70. The summed E-state index contributed by atoms with van der Waals surface area (Å²) in [6.45, 7) is 2.38. The lowest BCUT2D eigenvalue weighted by Gasteiger charge is -2.35. The summed E-state index contributed by atoms with van der Waals surface area (Å²) < 4.78 is 13.9. The molecule has 1 saturated heterocycles. The molecule has 0 bridgehead atoms. The SMILES string of the molecule is O=C(c1csc(-c2cccs2)n1)N1CCN(c2ccccc2F)CC1. The van der Waals surface area contributed by atoms with Crippen LogP contribution in [0, 0.1) is 5.82 Å². The molecule has 1 aliphatic heterocycles. The van der Waals surface area contributed by atoms with Crippen molar-refractivity contribution in [1.29, 1.82) is 0 Å². The third kappa shape index (κ3) is 3.29. The Labute approximate surface area is 153 Å². The number of nitrogens with zero attached hydrogens (tertiary/aromatic N) is 3. The second kappa shape index (κ2) is 6.93. The molecule has 0 spiro atoms. The van der Waals surface area contributed by atoms with Gasteiger partial charge in [0.15, 0.2) is 0 Å². The van der Waals surface area contributed by atoms with Crippen molar-refractivity contribution < 1.29 is 9.18 Å². The second-order valence-corrected chi connectivity index (χ2v) is 7.55. The van der Waals surface area contributed by atoms with Crippen LogP contribution in [0.5, 0.6) is 0 Å². The van der Waals surface area contributed by atoms with Crippen molar-refractivity contribution in [2.24, 2.45) is 0 Å². The van der Waals surface area contributed by atoms with Gasteiger partial charge in [-0.1, -0.05) is 18.2 Å². The Morgan fingerprint density at radius 2 is 1.84 bits per heavy atom. The van der Waals surface area contributed by atoms with Gasteiger partial charge >= 0.3 is 0 Å². The number of thiophene rings is 1. The van der Waals surface area contributed by atoms with Crippen LogP contribution in [0.4, 0.5) is 10.1 Å². The maximum atomic E-state index is 13.9. The minimum Gasteiger partial charge on any atom is -0.366 e. The number of carbonyl (C=O) groups is 1. The Morgan fingerprint density at radius 1 is 1.04 bits per heavy atom. The van der Waals surface area contributed by atoms with E-state index in [1.165, 1.54) is 17.4 Å². The smallest absolute Gasteiger partial charge is 0.273 e. The van der Waals surface area contributed by atoms with Gasteiger partial charge in [0.25, 0.3) is 5.91 Å². The van der Waals surface area contributed by atoms with Crippen LogP contribution in [0.15, 0.2) is 47.2 Å². The monoisotopic (exact) mass is 373 g/mol. The molecule has 0 aliphatic carbocycles. The predicted molar refractivity (Wildman–Crippen MR) is 99.9 cm³/mol. The summed E-state index contributed by atoms with van der Waals surface area (Å²) in [6, 6.07) is 10.7. The average molecular weight is 373 g/mol. The first-order valence-corrected chi connectivity index (χ1v) is 9.76. The number of halogens is 1. The molecule has 1 amide bonds. The summed E-state index contributed by atoms with van der Waals surface area (Å²) in [6.07, 6.45) is 0. The molecular formula is C18H16FN3OS2. The zero-order chi connectivity index (χ0) is 17.2. The molecule has 0 atom stereocenters. The van der Waals surface area contributed by atoms with E-state index in [4.69, 9.17) is 0 Å². The van der Waals surface area contributed by atoms with E-state index in [-0.39, 0.29) is 11.7 Å². The highest BCUT2D eigenvalue weighted by atomic mass is 32.1. The molecule has 4 rings (SSSR count). The van der Waals surface area contributed by atoms with E-state index in [2.05, 4.69) is 4.98 Å². The summed E-state index contributed by atoms with van der Waals surface area (Å²) in [4.78, 5) is 22.0. The number of anilines is 1. The van der Waals surface area contributed by atoms with Crippen LogP contribution in [0.1, 0.15) is 10.5 Å². The van der Waals surface area contributed by atoms with Crippen LogP contribution in [0.3, 0.4) is 0 Å². The molecule has 1 aliphatic rings. The van der Waals surface area contributed by atoms with E-state index < -0.39 is 0 Å². The lowest BCUT2D eigenvalue weighted by molar-refractivity contribution is 0.0741. The Bertz CT molecular complexity index is 870. The molecule has 0 radical (unpaired) electrons. The first-order valence-electron chi connectivity index (χ1n) is 8.00. The van der Waals surface area contributed by atoms with E-state index in [9.17, 15) is 9.18 Å². The second-order valence-electron chi connectivity index (χ2n) is 5.75. The van der Waals surface area contributed by atoms with Crippen molar-refractivity contribution >= 4 is 34.3 Å². The molecule has 2 aromatic heterocycles. The van der Waals surface area contributed by atoms with Crippen LogP contribution in [0.2, 0.25) is 0 Å². The van der Waals surface area contributed by atoms with Crippen LogP contribution in [-0.4, -0.2) is 42.0 Å². The Balaban J connectivity index is 1.42. The Kier molecular flexibility index (Phi) is 4.50. The van der Waals surface area contributed by atoms with Gasteiger partial charge < -0.3 is 9.80 Å². The molecule has 1 aromatic carbocycles. The average Bonchev–Trinajstić information content (AvgIpc) is 3.33. The van der Waals surface area contributed by atoms with Crippen molar-refractivity contribution in [2.75, 3.05) is 31.1 Å². The van der Waals surface area contributed by atoms with Crippen LogP contribution >= 0.6 is 22.7 Å². The highest BCUT2D eigenvalue weighted by molar-refractivity contribution is 7.20. The number of para-hydroxylation sites is 1. The van der Waals surface area contributed by atoms with E-state index in [0.29, 0.717) is 37.6 Å². The van der Waals surface area contributed by atoms with Crippen molar-refractivity contribution in [1.82, 2.24) is 9.88 Å². The lowest BCUT2D eigenvalue weighted by atomic mass is 10.2. The third-order valence-electron chi connectivity index (χ3n) is 4.22. The number of aromatic nitrogens is 1. The predicted octanol–water partition coefficient (Wildman–Crippen LogP) is 3.97. The summed E-state index contributed by atoms with van der Waals surface area (Å²) in [5.41, 5.74) is 1.09. The lowest BCUT2D eigenvalue weighted by Crippen LogP contribution is -2.49. The quantitative estimate of drug-likeness (QED) is 0.697. The van der Waals surface area contributed by atoms with Gasteiger partial charge in [0.05, 0.1) is 10.6 Å². The number of rotatable bonds is 3. The molecule has 128 valence electrons. The molecule has 3 heterocycles. The van der Waals surface area contributed by atoms with Crippen LogP contribution < -0.4 is 4.90 Å². The molecule has 0 unspecified atom stereocenters. The highest BCUT2D eigenvalue weighted by Gasteiger charge is 2.25. The maximum Gasteiger partial charge on any atom is 0.273 e. The van der Waals surface area contributed by atoms with Crippen LogP contribution in [-0.2, 0) is 0 Å². The van der Waals surface area contributed by atoms with Crippen molar-refractivity contribution in [3.05, 3.63) is 58.7 Å². The van der Waals surface area contributed by atoms with Gasteiger partial charge in [0.1, 0.15) is 16.5 Å². The van der Waals surface area contributed by atoms with E-state index in [0.717, 1.165) is 9.88 Å². The molecule has 4 nitrogen and oxygen atoms in total. The zero-order valence-corrected chi connectivity index (χ0v) is 15.0. The van der Waals surface area contributed by atoms with E-state index in [1.54, 1.807) is 28.4 Å². The molecule has 25 heavy (non-hydrogen) atoms. The van der Waals surface area contributed by atoms with Gasteiger partial charge in [-0.25, -0.2) is 9.37 Å². The van der Waals surface area contributed by atoms with Crippen molar-refractivity contribution in [3.63, 3.8) is 0 Å². The summed E-state index contributed by atoms with van der Waals surface area (Å²) in [7, 11) is 0. The van der Waals surface area contributed by atoms with Gasteiger partial charge in [-0.2, -0.15) is 0 Å². The standard InChI is InChI=1S/C18H16FN3OS2/c19-13-4-1-2-5-15(13)21-7-9-22(10-8-21)18(23)14-12-25-17(20-14)16-6-3-11-24-16/h1-6,11-12H,7-10H2. The molecule has 1 fully saturated rings. The number of hydrogen-bond donors (Lipinski definition) is 0. The Morgan fingerprint density at radius 3 is 2.56 bits per heavy atom. The fraction of sp³-hybridized carbons (Fsp3) is 0.222. The topological polar surface area (TPSA) is 36.4 Å². The molecule has 0 saturated carbocycles. The molecular weight excluding hydrogens is 357 g/mol. The molecule has 0 N–H and O–H groups in total. The first-order chi connectivity index (χ1) is 12.2. The van der Waals surface area contributed by atoms with Crippen LogP contribution in [0.25, 0.3) is 9.88 Å². The van der Waals surface area contributed by atoms with Gasteiger partial charge in [0.2, 0.25) is 0 Å². The van der Waals surface area contributed by atoms with Gasteiger partial charge in [-0.05, 0) is 23.6 Å². The van der Waals surface area contributed by atoms with Gasteiger partial charge in [-0.3, -0.25) is 4.79 Å². The normalized spacial score (nSPS) is 14.8. The minimum absolute atomic E-state index is 0.0489. The van der Waals surface area contributed by atoms with Crippen molar-refractivity contribution in [2.45, 2.75) is 0 Å². The summed E-state index contributed by atoms with van der Waals surface area (Å²) in [5.74, 6) is -0.269. The van der Waals surface area contributed by atoms with Gasteiger partial charge in [-0.15, -0.1) is 22.7 Å². The largest absolute Gasteiger partial charge is 0.366 e. The van der Waals surface area contributed by atoms with Gasteiger partial charge in [0, 0.05) is 31.6 Å². The van der Waals surface area contributed by atoms with E-state index in [1.807, 2.05) is 33.9 Å². The summed E-state index contributed by atoms with van der Waals surface area (Å²) >= 11 is 3.11. The number of carbonyl (C=O) groups excluding carboxylic acids is 1. The first kappa shape index (κ1) is 16.2. The third-order valence-corrected chi connectivity index (χ3v) is 6.10. The minimum atomic E-state index is -0.220. The molecule has 7 heteroatoms. The molecule has 3 aromatic rings. The van der Waals surface area contributed by atoms with E-state index >= 15 is 0 Å². The number of benzene rings is 1. The number of hydrogen-bond acceptors (Lipinski definition) is 5. The highest BCUT2D eigenvalue weighted by Crippen LogP contribution is 2.28. The fourth-order valence-electron chi connectivity index (χ4n) is 2.91. The number of thiazole rings is 1. The Hall–Kier alpha value is -2.25. The van der Waals surface area contributed by atoms with Crippen molar-refractivity contribution in [3.8, 4) is 9.88 Å². The number of amides is 1.